The van der Waals surface area contributed by atoms with Crippen LogP contribution in [0.3, 0.4) is 0 Å². The van der Waals surface area contributed by atoms with E-state index in [1.807, 2.05) is 29.1 Å². The van der Waals surface area contributed by atoms with E-state index in [0.717, 1.165) is 41.8 Å². The SMILES string of the molecule is c1csc(-c2nc(CN3CCO[C@@H](c4nccs4)C3)co2)c1. The summed E-state index contributed by atoms with van der Waals surface area (Å²) in [5, 5.41) is 5.06. The van der Waals surface area contributed by atoms with Gasteiger partial charge in [-0.2, -0.15) is 0 Å². The van der Waals surface area contributed by atoms with Gasteiger partial charge in [0.1, 0.15) is 17.4 Å². The number of rotatable bonds is 4. The van der Waals surface area contributed by atoms with Crippen molar-refractivity contribution in [1.82, 2.24) is 14.9 Å². The lowest BCUT2D eigenvalue weighted by Gasteiger charge is -2.31. The Morgan fingerprint density at radius 2 is 2.32 bits per heavy atom. The van der Waals surface area contributed by atoms with Crippen LogP contribution in [-0.2, 0) is 11.3 Å². The van der Waals surface area contributed by atoms with Crippen LogP contribution in [0.25, 0.3) is 10.8 Å². The van der Waals surface area contributed by atoms with E-state index >= 15 is 0 Å². The molecule has 4 rings (SSSR count). The molecule has 0 amide bonds. The molecule has 0 radical (unpaired) electrons. The van der Waals surface area contributed by atoms with Gasteiger partial charge in [-0.25, -0.2) is 9.97 Å². The van der Waals surface area contributed by atoms with Crippen molar-refractivity contribution in [2.24, 2.45) is 0 Å². The summed E-state index contributed by atoms with van der Waals surface area (Å²) in [6.45, 7) is 3.25. The van der Waals surface area contributed by atoms with Crippen molar-refractivity contribution >= 4 is 22.7 Å². The average molecular weight is 333 g/mol. The van der Waals surface area contributed by atoms with E-state index in [1.54, 1.807) is 28.9 Å². The van der Waals surface area contributed by atoms with Gasteiger partial charge in [-0.05, 0) is 11.4 Å². The van der Waals surface area contributed by atoms with Gasteiger partial charge in [-0.3, -0.25) is 4.90 Å². The Bertz CT molecular complexity index is 709. The lowest BCUT2D eigenvalue weighted by Crippen LogP contribution is -2.37. The normalized spacial score (nSPS) is 19.5. The van der Waals surface area contributed by atoms with Crippen LogP contribution in [0.15, 0.2) is 39.8 Å². The van der Waals surface area contributed by atoms with Crippen LogP contribution in [0.5, 0.6) is 0 Å². The highest BCUT2D eigenvalue weighted by Crippen LogP contribution is 2.26. The summed E-state index contributed by atoms with van der Waals surface area (Å²) in [4.78, 5) is 12.3. The fourth-order valence-corrected chi connectivity index (χ4v) is 3.84. The molecule has 5 nitrogen and oxygen atoms in total. The summed E-state index contributed by atoms with van der Waals surface area (Å²) < 4.78 is 11.4. The largest absolute Gasteiger partial charge is 0.444 e. The number of thiophene rings is 1. The Hall–Kier alpha value is -1.54. The van der Waals surface area contributed by atoms with E-state index in [4.69, 9.17) is 9.15 Å². The van der Waals surface area contributed by atoms with E-state index in [1.165, 1.54) is 0 Å². The Morgan fingerprint density at radius 3 is 3.14 bits per heavy atom. The summed E-state index contributed by atoms with van der Waals surface area (Å²) in [6.07, 6.45) is 3.65. The first-order valence-corrected chi connectivity index (χ1v) is 8.86. The standard InChI is InChI=1S/C15H15N3O2S2/c1-2-13(21-6-1)14-17-11(10-20-14)8-18-4-5-19-12(9-18)15-16-3-7-22-15/h1-3,6-7,10,12H,4-5,8-9H2/t12-/m1/s1. The molecule has 1 aliphatic rings. The number of thiazole rings is 1. The molecule has 3 aromatic rings. The lowest BCUT2D eigenvalue weighted by atomic mass is 10.2. The van der Waals surface area contributed by atoms with Crippen LogP contribution >= 0.6 is 22.7 Å². The molecule has 1 aliphatic heterocycles. The first-order chi connectivity index (χ1) is 10.9. The fraction of sp³-hybridized carbons (Fsp3) is 0.333. The highest BCUT2D eigenvalue weighted by molar-refractivity contribution is 7.13. The quantitative estimate of drug-likeness (QED) is 0.732. The predicted octanol–water partition coefficient (Wildman–Crippen LogP) is 3.43. The molecular formula is C15H15N3O2S2. The minimum absolute atomic E-state index is 0.0671. The van der Waals surface area contributed by atoms with Gasteiger partial charge in [0.05, 0.1) is 17.2 Å². The van der Waals surface area contributed by atoms with E-state index in [-0.39, 0.29) is 6.10 Å². The highest BCUT2D eigenvalue weighted by Gasteiger charge is 2.24. The molecule has 1 fully saturated rings. The first kappa shape index (κ1) is 14.1. The second kappa shape index (κ2) is 6.29. The van der Waals surface area contributed by atoms with Gasteiger partial charge in [0.2, 0.25) is 5.89 Å². The number of oxazole rings is 1. The lowest BCUT2D eigenvalue weighted by molar-refractivity contribution is -0.0333. The van der Waals surface area contributed by atoms with Crippen LogP contribution in [0.1, 0.15) is 16.8 Å². The molecule has 0 N–H and O–H groups in total. The van der Waals surface area contributed by atoms with Crippen molar-refractivity contribution in [3.63, 3.8) is 0 Å². The van der Waals surface area contributed by atoms with Crippen LogP contribution in [0.4, 0.5) is 0 Å². The third-order valence-corrected chi connectivity index (χ3v) is 5.27. The number of ether oxygens (including phenoxy) is 1. The van der Waals surface area contributed by atoms with Crippen molar-refractivity contribution in [1.29, 1.82) is 0 Å². The van der Waals surface area contributed by atoms with E-state index < -0.39 is 0 Å². The molecule has 0 saturated carbocycles. The van der Waals surface area contributed by atoms with Gasteiger partial charge in [0, 0.05) is 31.2 Å². The molecule has 0 aliphatic carbocycles. The van der Waals surface area contributed by atoms with Gasteiger partial charge < -0.3 is 9.15 Å². The molecule has 0 aromatic carbocycles. The van der Waals surface area contributed by atoms with Gasteiger partial charge in [0.15, 0.2) is 0 Å². The molecule has 0 spiro atoms. The number of morpholine rings is 1. The molecule has 0 bridgehead atoms. The van der Waals surface area contributed by atoms with E-state index in [2.05, 4.69) is 14.9 Å². The molecule has 0 unspecified atom stereocenters. The van der Waals surface area contributed by atoms with Crippen LogP contribution in [-0.4, -0.2) is 34.6 Å². The molecule has 114 valence electrons. The molecule has 22 heavy (non-hydrogen) atoms. The smallest absolute Gasteiger partial charge is 0.236 e. The van der Waals surface area contributed by atoms with Gasteiger partial charge >= 0.3 is 0 Å². The average Bonchev–Trinajstić information content (AvgIpc) is 3.29. The third-order valence-electron chi connectivity index (χ3n) is 3.55. The van der Waals surface area contributed by atoms with Crippen molar-refractivity contribution < 1.29 is 9.15 Å². The number of hydrogen-bond acceptors (Lipinski definition) is 7. The van der Waals surface area contributed by atoms with Crippen molar-refractivity contribution in [3.8, 4) is 10.8 Å². The molecule has 1 atom stereocenters. The zero-order chi connectivity index (χ0) is 14.8. The maximum absolute atomic E-state index is 5.82. The molecule has 4 heterocycles. The fourth-order valence-electron chi connectivity index (χ4n) is 2.51. The minimum atomic E-state index is 0.0671. The molecule has 3 aromatic heterocycles. The zero-order valence-electron chi connectivity index (χ0n) is 11.8. The summed E-state index contributed by atoms with van der Waals surface area (Å²) in [5.74, 6) is 0.703. The minimum Gasteiger partial charge on any atom is -0.444 e. The summed E-state index contributed by atoms with van der Waals surface area (Å²) in [5.41, 5.74) is 0.961. The number of aromatic nitrogens is 2. The summed E-state index contributed by atoms with van der Waals surface area (Å²) in [7, 11) is 0. The zero-order valence-corrected chi connectivity index (χ0v) is 13.5. The predicted molar refractivity (Wildman–Crippen MR) is 85.9 cm³/mol. The maximum atomic E-state index is 5.82. The van der Waals surface area contributed by atoms with E-state index in [0.29, 0.717) is 5.89 Å². The van der Waals surface area contributed by atoms with Crippen molar-refractivity contribution in [2.45, 2.75) is 12.6 Å². The van der Waals surface area contributed by atoms with Gasteiger partial charge in [-0.1, -0.05) is 6.07 Å². The van der Waals surface area contributed by atoms with Gasteiger partial charge in [0.25, 0.3) is 0 Å². The van der Waals surface area contributed by atoms with E-state index in [9.17, 15) is 0 Å². The Kier molecular flexibility index (Phi) is 4.03. The van der Waals surface area contributed by atoms with Gasteiger partial charge in [-0.15, -0.1) is 22.7 Å². The first-order valence-electron chi connectivity index (χ1n) is 7.10. The second-order valence-electron chi connectivity index (χ2n) is 5.09. The van der Waals surface area contributed by atoms with Crippen molar-refractivity contribution in [3.05, 3.63) is 46.1 Å². The van der Waals surface area contributed by atoms with Crippen LogP contribution in [0, 0.1) is 0 Å². The second-order valence-corrected chi connectivity index (χ2v) is 6.96. The summed E-state index contributed by atoms with van der Waals surface area (Å²) in [6, 6.07) is 4.03. The van der Waals surface area contributed by atoms with Crippen LogP contribution < -0.4 is 0 Å². The number of nitrogens with zero attached hydrogens (tertiary/aromatic N) is 3. The maximum Gasteiger partial charge on any atom is 0.236 e. The Balaban J connectivity index is 1.43. The third kappa shape index (κ3) is 2.98. The van der Waals surface area contributed by atoms with Crippen LogP contribution in [0.2, 0.25) is 0 Å². The Labute approximate surface area is 136 Å². The highest BCUT2D eigenvalue weighted by atomic mass is 32.1. The monoisotopic (exact) mass is 333 g/mol. The number of hydrogen-bond donors (Lipinski definition) is 0. The summed E-state index contributed by atoms with van der Waals surface area (Å²) >= 11 is 3.28. The molecular weight excluding hydrogens is 318 g/mol. The Morgan fingerprint density at radius 1 is 1.32 bits per heavy atom. The topological polar surface area (TPSA) is 51.4 Å². The molecule has 1 saturated heterocycles. The molecule has 7 heteroatoms. The van der Waals surface area contributed by atoms with Crippen molar-refractivity contribution in [2.75, 3.05) is 19.7 Å².